The van der Waals surface area contributed by atoms with Gasteiger partial charge in [-0.05, 0) is 20.3 Å². The Morgan fingerprint density at radius 2 is 1.76 bits per heavy atom. The van der Waals surface area contributed by atoms with E-state index in [0.29, 0.717) is 0 Å². The summed E-state index contributed by atoms with van der Waals surface area (Å²) in [6.45, 7) is 3.27. The third-order valence-electron chi connectivity index (χ3n) is 2.33. The number of carboxylic acid groups (broad SMARTS) is 1. The molecule has 0 unspecified atom stereocenters. The first-order valence-electron chi connectivity index (χ1n) is 6.39. The summed E-state index contributed by atoms with van der Waals surface area (Å²) in [5, 5.41) is 15.9. The summed E-state index contributed by atoms with van der Waals surface area (Å²) in [5.41, 5.74) is 0. The molecule has 0 aromatic carbocycles. The molecule has 0 aromatic rings. The van der Waals surface area contributed by atoms with Crippen LogP contribution in [0.5, 0.6) is 0 Å². The van der Waals surface area contributed by atoms with E-state index in [1.807, 2.05) is 0 Å². The zero-order chi connectivity index (χ0) is 16.4. The first-order chi connectivity index (χ1) is 9.76. The summed E-state index contributed by atoms with van der Waals surface area (Å²) in [4.78, 5) is 44.7. The number of urea groups is 1. The average molecular weight is 303 g/mol. The fourth-order valence-electron chi connectivity index (χ4n) is 1.36. The summed E-state index contributed by atoms with van der Waals surface area (Å²) in [7, 11) is 1.19. The van der Waals surface area contributed by atoms with Gasteiger partial charge in [0.2, 0.25) is 5.91 Å². The number of esters is 1. The van der Waals surface area contributed by atoms with E-state index in [1.165, 1.54) is 7.11 Å². The number of carboxylic acids is 1. The first-order valence-corrected chi connectivity index (χ1v) is 6.39. The number of ether oxygens (including phenoxy) is 1. The molecule has 0 aliphatic rings. The molecule has 0 aromatic heterocycles. The standard InChI is InChI=1S/C12H21N3O6/c1-7(2)14-9(16)6-13-12(20)15-8(11(18)19)4-5-10(17)21-3/h7-8H,4-6H2,1-3H3,(H,14,16)(H,18,19)(H2,13,15,20)/t8-/m1/s1. The predicted octanol–water partition coefficient (Wildman–Crippen LogP) is -0.783. The van der Waals surface area contributed by atoms with Crippen molar-refractivity contribution in [2.75, 3.05) is 13.7 Å². The molecule has 0 spiro atoms. The second-order valence-electron chi connectivity index (χ2n) is 4.55. The summed E-state index contributed by atoms with van der Waals surface area (Å²) in [6.07, 6.45) is -0.241. The Bertz CT molecular complexity index is 396. The van der Waals surface area contributed by atoms with Gasteiger partial charge in [0.15, 0.2) is 0 Å². The highest BCUT2D eigenvalue weighted by Crippen LogP contribution is 1.99. The Morgan fingerprint density at radius 1 is 1.14 bits per heavy atom. The van der Waals surface area contributed by atoms with Gasteiger partial charge >= 0.3 is 18.0 Å². The summed E-state index contributed by atoms with van der Waals surface area (Å²) >= 11 is 0. The van der Waals surface area contributed by atoms with Crippen molar-refractivity contribution >= 4 is 23.9 Å². The van der Waals surface area contributed by atoms with E-state index in [4.69, 9.17) is 5.11 Å². The SMILES string of the molecule is COC(=O)CC[C@@H](NC(=O)NCC(=O)NC(C)C)C(=O)O. The summed E-state index contributed by atoms with van der Waals surface area (Å²) < 4.78 is 4.39. The number of amides is 3. The van der Waals surface area contributed by atoms with Crippen molar-refractivity contribution < 1.29 is 29.0 Å². The molecule has 9 nitrogen and oxygen atoms in total. The molecule has 0 radical (unpaired) electrons. The van der Waals surface area contributed by atoms with Gasteiger partial charge in [0, 0.05) is 12.5 Å². The van der Waals surface area contributed by atoms with Crippen LogP contribution in [0.2, 0.25) is 0 Å². The lowest BCUT2D eigenvalue weighted by molar-refractivity contribution is -0.142. The highest BCUT2D eigenvalue weighted by molar-refractivity contribution is 5.86. The zero-order valence-electron chi connectivity index (χ0n) is 12.3. The summed E-state index contributed by atoms with van der Waals surface area (Å²) in [6, 6.07) is -2.10. The van der Waals surface area contributed by atoms with E-state index in [1.54, 1.807) is 13.8 Å². The number of carbonyl (C=O) groups excluding carboxylic acids is 3. The minimum atomic E-state index is -1.28. The van der Waals surface area contributed by atoms with Crippen LogP contribution < -0.4 is 16.0 Å². The van der Waals surface area contributed by atoms with Gasteiger partial charge in [0.1, 0.15) is 6.04 Å². The van der Waals surface area contributed by atoms with Gasteiger partial charge in [-0.2, -0.15) is 0 Å². The monoisotopic (exact) mass is 303 g/mol. The van der Waals surface area contributed by atoms with Crippen molar-refractivity contribution in [3.05, 3.63) is 0 Å². The molecule has 120 valence electrons. The van der Waals surface area contributed by atoms with Crippen molar-refractivity contribution in [1.29, 1.82) is 0 Å². The minimum absolute atomic E-state index is 0.0609. The van der Waals surface area contributed by atoms with Gasteiger partial charge in [-0.15, -0.1) is 0 Å². The predicted molar refractivity (Wildman–Crippen MR) is 72.5 cm³/mol. The number of rotatable bonds is 8. The van der Waals surface area contributed by atoms with Crippen LogP contribution in [-0.4, -0.2) is 54.7 Å². The quantitative estimate of drug-likeness (QED) is 0.434. The Morgan fingerprint density at radius 3 is 2.24 bits per heavy atom. The topological polar surface area (TPSA) is 134 Å². The van der Waals surface area contributed by atoms with Crippen LogP contribution in [0, 0.1) is 0 Å². The first kappa shape index (κ1) is 18.7. The van der Waals surface area contributed by atoms with Crippen LogP contribution in [0.3, 0.4) is 0 Å². The third kappa shape index (κ3) is 9.25. The van der Waals surface area contributed by atoms with Crippen molar-refractivity contribution in [2.45, 2.75) is 38.8 Å². The maximum atomic E-state index is 11.5. The van der Waals surface area contributed by atoms with Gasteiger partial charge in [-0.25, -0.2) is 9.59 Å². The number of carbonyl (C=O) groups is 4. The van der Waals surface area contributed by atoms with E-state index in [-0.39, 0.29) is 31.3 Å². The molecule has 0 bridgehead atoms. The van der Waals surface area contributed by atoms with Crippen molar-refractivity contribution in [3.63, 3.8) is 0 Å². The van der Waals surface area contributed by atoms with E-state index in [0.717, 1.165) is 0 Å². The molecule has 0 aliphatic carbocycles. The lowest BCUT2D eigenvalue weighted by Gasteiger charge is -2.15. The number of nitrogens with one attached hydrogen (secondary N) is 3. The Labute approximate surface area is 122 Å². The number of hydrogen-bond donors (Lipinski definition) is 4. The van der Waals surface area contributed by atoms with Gasteiger partial charge < -0.3 is 25.8 Å². The van der Waals surface area contributed by atoms with Crippen LogP contribution in [0.15, 0.2) is 0 Å². The second-order valence-corrected chi connectivity index (χ2v) is 4.55. The molecule has 3 amide bonds. The minimum Gasteiger partial charge on any atom is -0.480 e. The molecule has 0 saturated carbocycles. The van der Waals surface area contributed by atoms with Gasteiger partial charge in [0.25, 0.3) is 0 Å². The van der Waals surface area contributed by atoms with Crippen LogP contribution in [0.4, 0.5) is 4.79 Å². The molecular weight excluding hydrogens is 282 g/mol. The van der Waals surface area contributed by atoms with Crippen LogP contribution in [0.1, 0.15) is 26.7 Å². The normalized spacial score (nSPS) is 11.4. The van der Waals surface area contributed by atoms with E-state index in [2.05, 4.69) is 20.7 Å². The molecule has 1 atom stereocenters. The van der Waals surface area contributed by atoms with Gasteiger partial charge in [-0.3, -0.25) is 9.59 Å². The smallest absolute Gasteiger partial charge is 0.326 e. The molecule has 0 rings (SSSR count). The van der Waals surface area contributed by atoms with Crippen molar-refractivity contribution in [3.8, 4) is 0 Å². The van der Waals surface area contributed by atoms with Crippen LogP contribution in [-0.2, 0) is 19.1 Å². The second kappa shape index (κ2) is 9.56. The van der Waals surface area contributed by atoms with Crippen LogP contribution >= 0.6 is 0 Å². The fraction of sp³-hybridized carbons (Fsp3) is 0.667. The molecular formula is C12H21N3O6. The van der Waals surface area contributed by atoms with E-state index < -0.39 is 24.0 Å². The fourth-order valence-corrected chi connectivity index (χ4v) is 1.36. The lowest BCUT2D eigenvalue weighted by atomic mass is 10.1. The third-order valence-corrected chi connectivity index (χ3v) is 2.33. The maximum absolute atomic E-state index is 11.5. The molecule has 9 heteroatoms. The number of methoxy groups -OCH3 is 1. The molecule has 0 heterocycles. The van der Waals surface area contributed by atoms with Crippen LogP contribution in [0.25, 0.3) is 0 Å². The van der Waals surface area contributed by atoms with E-state index in [9.17, 15) is 19.2 Å². The number of aliphatic carboxylic acids is 1. The molecule has 21 heavy (non-hydrogen) atoms. The molecule has 4 N–H and O–H groups in total. The lowest BCUT2D eigenvalue weighted by Crippen LogP contribution is -2.49. The maximum Gasteiger partial charge on any atom is 0.326 e. The Balaban J connectivity index is 4.20. The zero-order valence-corrected chi connectivity index (χ0v) is 12.3. The van der Waals surface area contributed by atoms with E-state index >= 15 is 0 Å². The Hall–Kier alpha value is -2.32. The largest absolute Gasteiger partial charge is 0.480 e. The Kier molecular flexibility index (Phi) is 8.51. The van der Waals surface area contributed by atoms with Crippen molar-refractivity contribution in [1.82, 2.24) is 16.0 Å². The highest BCUT2D eigenvalue weighted by atomic mass is 16.5. The molecule has 0 saturated heterocycles. The van der Waals surface area contributed by atoms with Gasteiger partial charge in [0.05, 0.1) is 13.7 Å². The molecule has 0 fully saturated rings. The van der Waals surface area contributed by atoms with Crippen molar-refractivity contribution in [2.24, 2.45) is 0 Å². The van der Waals surface area contributed by atoms with Gasteiger partial charge in [-0.1, -0.05) is 0 Å². The number of hydrogen-bond acceptors (Lipinski definition) is 5. The summed E-state index contributed by atoms with van der Waals surface area (Å²) in [5.74, 6) is -2.23. The highest BCUT2D eigenvalue weighted by Gasteiger charge is 2.21. The average Bonchev–Trinajstić information content (AvgIpc) is 2.39. The molecule has 0 aliphatic heterocycles.